The highest BCUT2D eigenvalue weighted by atomic mass is 16.3. The quantitative estimate of drug-likeness (QED) is 0.595. The van der Waals surface area contributed by atoms with Gasteiger partial charge in [0.2, 0.25) is 0 Å². The maximum Gasteiger partial charge on any atom is 0.142 e. The van der Waals surface area contributed by atoms with Crippen LogP contribution >= 0.6 is 0 Å². The van der Waals surface area contributed by atoms with Gasteiger partial charge in [-0.05, 0) is 17.5 Å². The van der Waals surface area contributed by atoms with Gasteiger partial charge in [-0.15, -0.1) is 0 Å². The third-order valence-corrected chi connectivity index (χ3v) is 2.29. The predicted molar refractivity (Wildman–Crippen MR) is 60.7 cm³/mol. The molecule has 0 bridgehead atoms. The monoisotopic (exact) mass is 198 g/mol. The summed E-state index contributed by atoms with van der Waals surface area (Å²) in [7, 11) is 0. The minimum absolute atomic E-state index is 0.214. The lowest BCUT2D eigenvalue weighted by Crippen LogP contribution is -1.78. The molecular formula is C13H10O2. The zero-order valence-corrected chi connectivity index (χ0v) is 8.05. The lowest BCUT2D eigenvalue weighted by Gasteiger charge is -2.03. The third kappa shape index (κ3) is 1.74. The summed E-state index contributed by atoms with van der Waals surface area (Å²) in [5.41, 5.74) is 0.654. The highest BCUT2D eigenvalue weighted by Gasteiger charge is 2.02. The molecule has 0 aliphatic heterocycles. The predicted octanol–water partition coefficient (Wildman–Crippen LogP) is 2.76. The summed E-state index contributed by atoms with van der Waals surface area (Å²) in [6.45, 7) is 0. The van der Waals surface area contributed by atoms with Crippen LogP contribution in [0.25, 0.3) is 16.8 Å². The van der Waals surface area contributed by atoms with E-state index in [1.165, 1.54) is 6.08 Å². The number of carbonyl (C=O) groups is 1. The van der Waals surface area contributed by atoms with Gasteiger partial charge in [0.05, 0.1) is 0 Å². The summed E-state index contributed by atoms with van der Waals surface area (Å²) in [6.07, 6.45) is 3.65. The molecule has 1 N–H and O–H groups in total. The van der Waals surface area contributed by atoms with Crippen molar-refractivity contribution in [3.63, 3.8) is 0 Å². The molecule has 2 aromatic rings. The first-order chi connectivity index (χ1) is 7.33. The van der Waals surface area contributed by atoms with E-state index < -0.39 is 0 Å². The van der Waals surface area contributed by atoms with E-state index in [0.717, 1.165) is 10.8 Å². The van der Waals surface area contributed by atoms with E-state index in [1.807, 2.05) is 30.3 Å². The van der Waals surface area contributed by atoms with Crippen molar-refractivity contribution < 1.29 is 9.90 Å². The highest BCUT2D eigenvalue weighted by Crippen LogP contribution is 2.29. The van der Waals surface area contributed by atoms with Crippen LogP contribution in [-0.4, -0.2) is 11.4 Å². The molecule has 0 aromatic heterocycles. The van der Waals surface area contributed by atoms with Crippen LogP contribution in [0.4, 0.5) is 0 Å². The van der Waals surface area contributed by atoms with E-state index in [9.17, 15) is 9.90 Å². The summed E-state index contributed by atoms with van der Waals surface area (Å²) in [4.78, 5) is 10.2. The van der Waals surface area contributed by atoms with Crippen LogP contribution in [0.5, 0.6) is 5.75 Å². The van der Waals surface area contributed by atoms with Crippen molar-refractivity contribution in [1.29, 1.82) is 0 Å². The van der Waals surface area contributed by atoms with Gasteiger partial charge in [-0.3, -0.25) is 4.79 Å². The Morgan fingerprint density at radius 3 is 2.67 bits per heavy atom. The normalized spacial score (nSPS) is 10.9. The van der Waals surface area contributed by atoms with E-state index in [0.29, 0.717) is 11.8 Å². The number of phenols is 1. The van der Waals surface area contributed by atoms with E-state index in [4.69, 9.17) is 0 Å². The number of phenolic OH excluding ortho intramolecular Hbond substituents is 1. The van der Waals surface area contributed by atoms with Crippen molar-refractivity contribution in [2.45, 2.75) is 0 Å². The molecule has 2 rings (SSSR count). The summed E-state index contributed by atoms with van der Waals surface area (Å²) in [6, 6.07) is 11.3. The molecule has 0 aliphatic carbocycles. The largest absolute Gasteiger partial charge is 0.507 e. The number of hydrogen-bond donors (Lipinski definition) is 1. The maximum absolute atomic E-state index is 10.2. The Bertz CT molecular complexity index is 527. The molecule has 0 unspecified atom stereocenters. The Morgan fingerprint density at radius 2 is 1.87 bits per heavy atom. The molecule has 0 saturated heterocycles. The standard InChI is InChI=1S/C13H10O2/c14-9-3-5-11-8-7-10-4-1-2-6-12(10)13(11)15/h1-9,15H. The van der Waals surface area contributed by atoms with Crippen LogP contribution in [0.15, 0.2) is 42.5 Å². The Balaban J connectivity index is 2.64. The number of aldehydes is 1. The minimum atomic E-state index is 0.214. The number of benzene rings is 2. The van der Waals surface area contributed by atoms with Gasteiger partial charge in [0.25, 0.3) is 0 Å². The Kier molecular flexibility index (Phi) is 2.50. The zero-order chi connectivity index (χ0) is 10.7. The van der Waals surface area contributed by atoms with Crippen molar-refractivity contribution in [3.05, 3.63) is 48.0 Å². The molecule has 0 heterocycles. The number of carbonyl (C=O) groups excluding carboxylic acids is 1. The molecular weight excluding hydrogens is 188 g/mol. The molecule has 0 saturated carbocycles. The Morgan fingerprint density at radius 1 is 1.07 bits per heavy atom. The van der Waals surface area contributed by atoms with E-state index in [2.05, 4.69) is 0 Å². The number of fused-ring (bicyclic) bond motifs is 1. The van der Waals surface area contributed by atoms with Crippen molar-refractivity contribution in [1.82, 2.24) is 0 Å². The van der Waals surface area contributed by atoms with Crippen molar-refractivity contribution in [3.8, 4) is 5.75 Å². The van der Waals surface area contributed by atoms with Crippen LogP contribution in [0.3, 0.4) is 0 Å². The molecule has 15 heavy (non-hydrogen) atoms. The van der Waals surface area contributed by atoms with E-state index in [1.54, 1.807) is 12.1 Å². The molecule has 2 nitrogen and oxygen atoms in total. The smallest absolute Gasteiger partial charge is 0.142 e. The van der Waals surface area contributed by atoms with Gasteiger partial charge in [-0.2, -0.15) is 0 Å². The number of hydrogen-bond acceptors (Lipinski definition) is 2. The van der Waals surface area contributed by atoms with Crippen LogP contribution in [0, 0.1) is 0 Å². The molecule has 0 spiro atoms. The SMILES string of the molecule is O=CC=Cc1ccc2ccccc2c1O. The second-order valence-corrected chi connectivity index (χ2v) is 3.22. The molecule has 0 aliphatic rings. The average molecular weight is 198 g/mol. The zero-order valence-electron chi connectivity index (χ0n) is 8.05. The first kappa shape index (κ1) is 9.46. The first-order valence-electron chi connectivity index (χ1n) is 4.65. The number of rotatable bonds is 2. The molecule has 0 fully saturated rings. The molecule has 0 radical (unpaired) electrons. The number of aromatic hydroxyl groups is 1. The molecule has 74 valence electrons. The lowest BCUT2D eigenvalue weighted by molar-refractivity contribution is -0.104. The lowest BCUT2D eigenvalue weighted by atomic mass is 10.1. The Labute approximate surface area is 87.5 Å². The van der Waals surface area contributed by atoms with Gasteiger partial charge in [-0.25, -0.2) is 0 Å². The summed E-state index contributed by atoms with van der Waals surface area (Å²) in [5.74, 6) is 0.214. The fourth-order valence-electron chi connectivity index (χ4n) is 1.55. The maximum atomic E-state index is 10.2. The van der Waals surface area contributed by atoms with Gasteiger partial charge in [0.15, 0.2) is 0 Å². The van der Waals surface area contributed by atoms with Gasteiger partial charge < -0.3 is 5.11 Å². The van der Waals surface area contributed by atoms with E-state index >= 15 is 0 Å². The van der Waals surface area contributed by atoms with E-state index in [-0.39, 0.29) is 5.75 Å². The van der Waals surface area contributed by atoms with Crippen molar-refractivity contribution in [2.24, 2.45) is 0 Å². The van der Waals surface area contributed by atoms with Crippen LogP contribution in [0.1, 0.15) is 5.56 Å². The van der Waals surface area contributed by atoms with Gasteiger partial charge in [-0.1, -0.05) is 36.4 Å². The fraction of sp³-hybridized carbons (Fsp3) is 0. The van der Waals surface area contributed by atoms with Gasteiger partial charge in [0.1, 0.15) is 12.0 Å². The van der Waals surface area contributed by atoms with Crippen LogP contribution < -0.4 is 0 Å². The molecule has 0 atom stereocenters. The van der Waals surface area contributed by atoms with Crippen LogP contribution in [0.2, 0.25) is 0 Å². The summed E-state index contributed by atoms with van der Waals surface area (Å²) in [5, 5.41) is 11.7. The average Bonchev–Trinajstić information content (AvgIpc) is 2.29. The third-order valence-electron chi connectivity index (χ3n) is 2.29. The first-order valence-corrected chi connectivity index (χ1v) is 4.65. The second kappa shape index (κ2) is 3.96. The summed E-state index contributed by atoms with van der Waals surface area (Å²) < 4.78 is 0. The van der Waals surface area contributed by atoms with Crippen LogP contribution in [-0.2, 0) is 4.79 Å². The van der Waals surface area contributed by atoms with Gasteiger partial charge in [0, 0.05) is 10.9 Å². The highest BCUT2D eigenvalue weighted by molar-refractivity contribution is 5.92. The second-order valence-electron chi connectivity index (χ2n) is 3.22. The number of allylic oxidation sites excluding steroid dienone is 1. The van der Waals surface area contributed by atoms with Crippen molar-refractivity contribution in [2.75, 3.05) is 0 Å². The fourth-order valence-corrected chi connectivity index (χ4v) is 1.55. The molecule has 0 amide bonds. The van der Waals surface area contributed by atoms with Gasteiger partial charge >= 0.3 is 0 Å². The Hall–Kier alpha value is -2.09. The van der Waals surface area contributed by atoms with Crippen molar-refractivity contribution >= 4 is 23.1 Å². The molecule has 2 aromatic carbocycles. The topological polar surface area (TPSA) is 37.3 Å². The molecule has 2 heteroatoms. The summed E-state index contributed by atoms with van der Waals surface area (Å²) >= 11 is 0. The minimum Gasteiger partial charge on any atom is -0.507 e.